The number of rotatable bonds is 15. The molecule has 4 unspecified atom stereocenters. The summed E-state index contributed by atoms with van der Waals surface area (Å²) in [5.41, 5.74) is 0. The van der Waals surface area contributed by atoms with Gasteiger partial charge < -0.3 is 0 Å². The van der Waals surface area contributed by atoms with Crippen LogP contribution >= 0.6 is 86.4 Å². The normalized spacial score (nSPS) is 14.5. The van der Waals surface area contributed by atoms with E-state index in [0.29, 0.717) is 21.0 Å². The zero-order valence-corrected chi connectivity index (χ0v) is 27.1. The Morgan fingerprint density at radius 3 is 0.974 bits per heavy atom. The van der Waals surface area contributed by atoms with E-state index in [1.807, 2.05) is 116 Å². The standard InChI is InChI=1S/C26H26N4S8/c1-19(31-33-21-11-3-7-15-27-21)25(37-35-23-13-5-9-17-29-23)26(38-36-24-14-6-10-18-30-24)20(2)32-34-22-12-4-8-16-28-22/h3-20,25-26H,1-2H3. The Morgan fingerprint density at radius 2 is 0.711 bits per heavy atom. The highest BCUT2D eigenvalue weighted by Gasteiger charge is 2.34. The largest absolute Gasteiger partial charge is 0.249 e. The molecular weight excluding hydrogens is 625 g/mol. The molecule has 38 heavy (non-hydrogen) atoms. The quantitative estimate of drug-likeness (QED) is 0.115. The summed E-state index contributed by atoms with van der Waals surface area (Å²) in [7, 11) is 14.6. The van der Waals surface area contributed by atoms with Crippen LogP contribution in [0.1, 0.15) is 13.8 Å². The predicted molar refractivity (Wildman–Crippen MR) is 177 cm³/mol. The molecule has 4 aromatic heterocycles. The summed E-state index contributed by atoms with van der Waals surface area (Å²) in [5.74, 6) is 0. The Morgan fingerprint density at radius 1 is 0.421 bits per heavy atom. The zero-order valence-electron chi connectivity index (χ0n) is 20.6. The van der Waals surface area contributed by atoms with E-state index in [-0.39, 0.29) is 0 Å². The van der Waals surface area contributed by atoms with Crippen LogP contribution in [0.2, 0.25) is 0 Å². The van der Waals surface area contributed by atoms with Crippen molar-refractivity contribution < 1.29 is 0 Å². The molecule has 0 fully saturated rings. The molecule has 12 heteroatoms. The van der Waals surface area contributed by atoms with E-state index in [1.165, 1.54) is 0 Å². The van der Waals surface area contributed by atoms with Gasteiger partial charge >= 0.3 is 0 Å². The molecule has 0 aliphatic rings. The smallest absolute Gasteiger partial charge is 0.106 e. The van der Waals surface area contributed by atoms with E-state index in [9.17, 15) is 0 Å². The van der Waals surface area contributed by atoms with E-state index in [1.54, 1.807) is 43.2 Å². The Bertz CT molecular complexity index is 1080. The summed E-state index contributed by atoms with van der Waals surface area (Å²) in [5, 5.41) is 5.49. The lowest BCUT2D eigenvalue weighted by Crippen LogP contribution is -2.34. The molecule has 4 atom stereocenters. The lowest BCUT2D eigenvalue weighted by Gasteiger charge is -2.32. The van der Waals surface area contributed by atoms with Crippen molar-refractivity contribution in [2.75, 3.05) is 0 Å². The van der Waals surface area contributed by atoms with Crippen molar-refractivity contribution in [3.63, 3.8) is 0 Å². The van der Waals surface area contributed by atoms with Gasteiger partial charge in [0, 0.05) is 45.8 Å². The van der Waals surface area contributed by atoms with E-state index < -0.39 is 0 Å². The maximum Gasteiger partial charge on any atom is 0.106 e. The van der Waals surface area contributed by atoms with Crippen molar-refractivity contribution >= 4 is 86.4 Å². The maximum absolute atomic E-state index is 4.56. The number of hydrogen-bond donors (Lipinski definition) is 0. The third-order valence-corrected chi connectivity index (χ3v) is 16.8. The fraction of sp³-hybridized carbons (Fsp3) is 0.231. The Hall–Kier alpha value is -0.600. The van der Waals surface area contributed by atoms with Crippen LogP contribution in [0.15, 0.2) is 118 Å². The number of aromatic nitrogens is 4. The molecule has 0 aliphatic carbocycles. The minimum atomic E-state index is 0.330. The van der Waals surface area contributed by atoms with Gasteiger partial charge in [-0.1, -0.05) is 81.3 Å². The first-order chi connectivity index (χ1) is 18.7. The average molecular weight is 651 g/mol. The average Bonchev–Trinajstić information content (AvgIpc) is 2.98. The van der Waals surface area contributed by atoms with Crippen molar-refractivity contribution in [1.29, 1.82) is 0 Å². The minimum absolute atomic E-state index is 0.330. The topological polar surface area (TPSA) is 51.6 Å². The molecule has 0 amide bonds. The molecule has 0 saturated heterocycles. The van der Waals surface area contributed by atoms with Gasteiger partial charge in [0.1, 0.15) is 20.1 Å². The summed E-state index contributed by atoms with van der Waals surface area (Å²) in [6.45, 7) is 4.67. The molecule has 0 aliphatic heterocycles. The van der Waals surface area contributed by atoms with Gasteiger partial charge in [0.25, 0.3) is 0 Å². The molecule has 0 N–H and O–H groups in total. The molecule has 0 saturated carbocycles. The second-order valence-corrected chi connectivity index (χ2v) is 17.7. The minimum Gasteiger partial charge on any atom is -0.249 e. The second kappa shape index (κ2) is 17.3. The highest BCUT2D eigenvalue weighted by molar-refractivity contribution is 8.80. The van der Waals surface area contributed by atoms with E-state index in [2.05, 4.69) is 58.0 Å². The van der Waals surface area contributed by atoms with E-state index in [4.69, 9.17) is 0 Å². The molecule has 4 rings (SSSR count). The summed E-state index contributed by atoms with van der Waals surface area (Å²) in [6, 6.07) is 24.3. The molecule has 4 nitrogen and oxygen atoms in total. The van der Waals surface area contributed by atoms with Crippen LogP contribution in [0.4, 0.5) is 0 Å². The predicted octanol–water partition coefficient (Wildman–Crippen LogP) is 9.84. The van der Waals surface area contributed by atoms with Crippen LogP contribution < -0.4 is 0 Å². The highest BCUT2D eigenvalue weighted by atomic mass is 33.1. The van der Waals surface area contributed by atoms with Gasteiger partial charge in [0.05, 0.1) is 0 Å². The van der Waals surface area contributed by atoms with Gasteiger partial charge in [-0.05, 0) is 91.7 Å². The summed E-state index contributed by atoms with van der Waals surface area (Å²) >= 11 is 0. The lowest BCUT2D eigenvalue weighted by molar-refractivity contribution is 0.771. The monoisotopic (exact) mass is 650 g/mol. The van der Waals surface area contributed by atoms with Crippen LogP contribution in [0, 0.1) is 0 Å². The summed E-state index contributed by atoms with van der Waals surface area (Å²) < 4.78 is 0. The zero-order chi connectivity index (χ0) is 26.4. The molecule has 198 valence electrons. The molecule has 0 bridgehead atoms. The van der Waals surface area contributed by atoms with Crippen LogP contribution in [0.25, 0.3) is 0 Å². The summed E-state index contributed by atoms with van der Waals surface area (Å²) in [4.78, 5) is 18.1. The first-order valence-electron chi connectivity index (χ1n) is 11.7. The third kappa shape index (κ3) is 10.4. The molecule has 0 radical (unpaired) electrons. The first kappa shape index (κ1) is 30.4. The number of pyridine rings is 4. The Labute approximate surface area is 256 Å². The van der Waals surface area contributed by atoms with Gasteiger partial charge in [-0.3, -0.25) is 0 Å². The van der Waals surface area contributed by atoms with Crippen LogP contribution in [0.3, 0.4) is 0 Å². The SMILES string of the molecule is CC(SSc1ccccn1)C(SSc1ccccn1)C(SSc1ccccn1)C(C)SSc1ccccn1. The molecule has 0 spiro atoms. The van der Waals surface area contributed by atoms with E-state index in [0.717, 1.165) is 20.1 Å². The third-order valence-electron chi connectivity index (χ3n) is 4.86. The van der Waals surface area contributed by atoms with Crippen LogP contribution in [0.5, 0.6) is 0 Å². The molecule has 0 aromatic carbocycles. The van der Waals surface area contributed by atoms with Gasteiger partial charge in [-0.15, -0.1) is 0 Å². The summed E-state index contributed by atoms with van der Waals surface area (Å²) in [6.07, 6.45) is 7.43. The van der Waals surface area contributed by atoms with E-state index >= 15 is 0 Å². The molecule has 4 aromatic rings. The van der Waals surface area contributed by atoms with Crippen molar-refractivity contribution in [3.8, 4) is 0 Å². The number of nitrogens with zero attached hydrogens (tertiary/aromatic N) is 4. The van der Waals surface area contributed by atoms with Crippen molar-refractivity contribution in [2.45, 2.75) is 55.0 Å². The lowest BCUT2D eigenvalue weighted by atomic mass is 10.2. The fourth-order valence-corrected chi connectivity index (χ4v) is 15.2. The van der Waals surface area contributed by atoms with Crippen molar-refractivity contribution in [2.24, 2.45) is 0 Å². The maximum atomic E-state index is 4.56. The van der Waals surface area contributed by atoms with Gasteiger partial charge in [0.15, 0.2) is 0 Å². The Balaban J connectivity index is 1.52. The molecule has 4 heterocycles. The second-order valence-electron chi connectivity index (χ2n) is 7.73. The molecular formula is C26H26N4S8. The van der Waals surface area contributed by atoms with Crippen LogP contribution in [-0.2, 0) is 0 Å². The van der Waals surface area contributed by atoms with Crippen LogP contribution in [-0.4, -0.2) is 40.9 Å². The highest BCUT2D eigenvalue weighted by Crippen LogP contribution is 2.51. The van der Waals surface area contributed by atoms with Crippen molar-refractivity contribution in [3.05, 3.63) is 97.6 Å². The fourth-order valence-electron chi connectivity index (χ4n) is 2.96. The van der Waals surface area contributed by atoms with Gasteiger partial charge in [-0.25, -0.2) is 19.9 Å². The number of hydrogen-bond acceptors (Lipinski definition) is 12. The first-order valence-corrected chi connectivity index (χ1v) is 20.5. The van der Waals surface area contributed by atoms with Crippen molar-refractivity contribution in [1.82, 2.24) is 19.9 Å². The Kier molecular flexibility index (Phi) is 13.8. The van der Waals surface area contributed by atoms with Gasteiger partial charge in [0.2, 0.25) is 0 Å². The van der Waals surface area contributed by atoms with Gasteiger partial charge in [-0.2, -0.15) is 0 Å².